The van der Waals surface area contributed by atoms with Crippen molar-refractivity contribution in [2.45, 2.75) is 55.9 Å². The maximum absolute atomic E-state index is 12.9. The number of hydrogen-bond acceptors (Lipinski definition) is 6. The largest absolute Gasteiger partial charge is 0.396 e. The summed E-state index contributed by atoms with van der Waals surface area (Å²) >= 11 is 1.24. The molecule has 0 amide bonds. The standard InChI is InChI=1S/C20H28N2O4S/c1-3-4-10-20(26)14-17(27-19-21-11-12-22(19)2)18(25)16(20)9-5-7-15(24)8-6-13-23/h5,7,9,11-12,14-15,23-24,26H,3-4,6,8,10,13H2,1-2H3/b7-5+,16-9-. The maximum Gasteiger partial charge on any atom is 0.198 e. The Balaban J connectivity index is 2.21. The predicted molar refractivity (Wildman–Crippen MR) is 106 cm³/mol. The van der Waals surface area contributed by atoms with Crippen LogP contribution in [0.15, 0.2) is 52.3 Å². The van der Waals surface area contributed by atoms with Gasteiger partial charge in [-0.25, -0.2) is 4.98 Å². The van der Waals surface area contributed by atoms with Crippen molar-refractivity contribution in [3.8, 4) is 0 Å². The molecule has 148 valence electrons. The summed E-state index contributed by atoms with van der Waals surface area (Å²) in [5.41, 5.74) is -0.987. The lowest BCUT2D eigenvalue weighted by molar-refractivity contribution is -0.112. The number of aryl methyl sites for hydroxylation is 1. The van der Waals surface area contributed by atoms with Crippen molar-refractivity contribution in [2.24, 2.45) is 7.05 Å². The zero-order valence-electron chi connectivity index (χ0n) is 15.8. The fourth-order valence-electron chi connectivity index (χ4n) is 2.86. The van der Waals surface area contributed by atoms with Crippen LogP contribution in [0.5, 0.6) is 0 Å². The highest BCUT2D eigenvalue weighted by molar-refractivity contribution is 8.03. The zero-order valence-corrected chi connectivity index (χ0v) is 16.7. The number of nitrogens with zero attached hydrogens (tertiary/aromatic N) is 2. The second kappa shape index (κ2) is 10.0. The van der Waals surface area contributed by atoms with E-state index in [0.29, 0.717) is 34.9 Å². The van der Waals surface area contributed by atoms with E-state index in [1.54, 1.807) is 36.7 Å². The number of carbonyl (C=O) groups is 1. The van der Waals surface area contributed by atoms with Crippen LogP contribution in [-0.2, 0) is 11.8 Å². The summed E-state index contributed by atoms with van der Waals surface area (Å²) < 4.78 is 1.82. The van der Waals surface area contributed by atoms with Gasteiger partial charge in [0, 0.05) is 31.6 Å². The molecule has 1 aliphatic carbocycles. The Morgan fingerprint density at radius 2 is 2.19 bits per heavy atom. The number of hydrogen-bond donors (Lipinski definition) is 3. The van der Waals surface area contributed by atoms with Gasteiger partial charge in [-0.05, 0) is 37.1 Å². The lowest BCUT2D eigenvalue weighted by Gasteiger charge is -2.21. The number of aliphatic hydroxyl groups excluding tert-OH is 2. The van der Waals surface area contributed by atoms with Crippen molar-refractivity contribution in [1.29, 1.82) is 0 Å². The number of rotatable bonds is 10. The molecule has 7 heteroatoms. The van der Waals surface area contributed by atoms with Crippen molar-refractivity contribution < 1.29 is 20.1 Å². The minimum atomic E-state index is -1.30. The second-order valence-corrected chi connectivity index (χ2v) is 7.70. The zero-order chi connectivity index (χ0) is 19.9. The van der Waals surface area contributed by atoms with E-state index >= 15 is 0 Å². The first-order valence-electron chi connectivity index (χ1n) is 9.24. The van der Waals surface area contributed by atoms with E-state index < -0.39 is 11.7 Å². The Morgan fingerprint density at radius 1 is 1.41 bits per heavy atom. The van der Waals surface area contributed by atoms with Crippen molar-refractivity contribution in [1.82, 2.24) is 9.55 Å². The lowest BCUT2D eigenvalue weighted by atomic mass is 9.90. The predicted octanol–water partition coefficient (Wildman–Crippen LogP) is 2.52. The van der Waals surface area contributed by atoms with Gasteiger partial charge in [-0.3, -0.25) is 4.79 Å². The molecule has 0 bridgehead atoms. The normalized spacial score (nSPS) is 22.8. The molecule has 1 aromatic heterocycles. The molecule has 0 fully saturated rings. The fraction of sp³-hybridized carbons (Fsp3) is 0.500. The summed E-state index contributed by atoms with van der Waals surface area (Å²) in [5, 5.41) is 30.4. The number of unbranched alkanes of at least 4 members (excludes halogenated alkanes) is 1. The summed E-state index contributed by atoms with van der Waals surface area (Å²) in [6.07, 6.45) is 12.3. The van der Waals surface area contributed by atoms with Crippen molar-refractivity contribution in [2.75, 3.05) is 6.61 Å². The third-order valence-corrected chi connectivity index (χ3v) is 5.55. The van der Waals surface area contributed by atoms with E-state index in [2.05, 4.69) is 4.98 Å². The number of aliphatic hydroxyl groups is 3. The molecule has 1 aromatic rings. The van der Waals surface area contributed by atoms with Crippen LogP contribution < -0.4 is 0 Å². The first kappa shape index (κ1) is 21.6. The third kappa shape index (κ3) is 5.65. The Hall–Kier alpha value is -1.67. The highest BCUT2D eigenvalue weighted by Gasteiger charge is 2.41. The number of carbonyl (C=O) groups excluding carboxylic acids is 1. The van der Waals surface area contributed by atoms with Gasteiger partial charge in [-0.2, -0.15) is 0 Å². The Morgan fingerprint density at radius 3 is 2.81 bits per heavy atom. The molecular formula is C20H28N2O4S. The number of thioether (sulfide) groups is 1. The maximum atomic E-state index is 12.9. The van der Waals surface area contributed by atoms with Gasteiger partial charge >= 0.3 is 0 Å². The molecule has 0 spiro atoms. The van der Waals surface area contributed by atoms with Crippen molar-refractivity contribution in [3.63, 3.8) is 0 Å². The molecule has 3 N–H and O–H groups in total. The highest BCUT2D eigenvalue weighted by Crippen LogP contribution is 2.41. The van der Waals surface area contributed by atoms with Crippen LogP contribution in [0.2, 0.25) is 0 Å². The number of Topliss-reactive ketones (excluding diaryl/α,β-unsaturated/α-hetero) is 1. The summed E-state index contributed by atoms with van der Waals surface area (Å²) in [5.74, 6) is -0.212. The van der Waals surface area contributed by atoms with Gasteiger partial charge in [0.15, 0.2) is 10.9 Å². The number of imidazole rings is 1. The Labute approximate surface area is 164 Å². The van der Waals surface area contributed by atoms with Gasteiger partial charge in [0.05, 0.1) is 11.0 Å². The number of allylic oxidation sites excluding steroid dienone is 3. The van der Waals surface area contributed by atoms with Crippen LogP contribution in [0, 0.1) is 0 Å². The van der Waals surface area contributed by atoms with Crippen LogP contribution in [0.3, 0.4) is 0 Å². The van der Waals surface area contributed by atoms with Gasteiger partial charge < -0.3 is 19.9 Å². The van der Waals surface area contributed by atoms with E-state index in [9.17, 15) is 15.0 Å². The third-order valence-electron chi connectivity index (χ3n) is 4.45. The van der Waals surface area contributed by atoms with E-state index in [1.165, 1.54) is 11.8 Å². The van der Waals surface area contributed by atoms with Gasteiger partial charge in [0.25, 0.3) is 0 Å². The molecule has 2 atom stereocenters. The van der Waals surface area contributed by atoms with Crippen LogP contribution in [0.1, 0.15) is 39.0 Å². The van der Waals surface area contributed by atoms with Gasteiger partial charge in [-0.1, -0.05) is 38.0 Å². The molecule has 6 nitrogen and oxygen atoms in total. The first-order valence-corrected chi connectivity index (χ1v) is 10.1. The molecule has 0 radical (unpaired) electrons. The molecule has 1 aliphatic rings. The average Bonchev–Trinajstić information content (AvgIpc) is 3.14. The summed E-state index contributed by atoms with van der Waals surface area (Å²) in [6, 6.07) is 0. The minimum absolute atomic E-state index is 0.0267. The molecular weight excluding hydrogens is 364 g/mol. The second-order valence-electron chi connectivity index (χ2n) is 6.69. The molecule has 2 rings (SSSR count). The van der Waals surface area contributed by atoms with Crippen LogP contribution in [0.4, 0.5) is 0 Å². The molecule has 0 saturated carbocycles. The Kier molecular flexibility index (Phi) is 8.04. The van der Waals surface area contributed by atoms with Crippen molar-refractivity contribution in [3.05, 3.63) is 47.2 Å². The smallest absolute Gasteiger partial charge is 0.198 e. The number of ketones is 1. The molecule has 0 aromatic carbocycles. The summed E-state index contributed by atoms with van der Waals surface area (Å²) in [6.45, 7) is 2.06. The molecule has 0 aliphatic heterocycles. The van der Waals surface area contributed by atoms with Crippen LogP contribution in [-0.4, -0.2) is 49.0 Å². The molecule has 0 saturated heterocycles. The van der Waals surface area contributed by atoms with E-state index in [0.717, 1.165) is 12.8 Å². The van der Waals surface area contributed by atoms with E-state index in [-0.39, 0.29) is 12.4 Å². The van der Waals surface area contributed by atoms with Gasteiger partial charge in [0.1, 0.15) is 5.60 Å². The lowest BCUT2D eigenvalue weighted by Crippen LogP contribution is -2.27. The molecule has 1 heterocycles. The molecule has 2 unspecified atom stereocenters. The van der Waals surface area contributed by atoms with Gasteiger partial charge in [0.2, 0.25) is 0 Å². The number of aromatic nitrogens is 2. The topological polar surface area (TPSA) is 95.6 Å². The summed E-state index contributed by atoms with van der Waals surface area (Å²) in [7, 11) is 1.85. The monoisotopic (exact) mass is 392 g/mol. The quantitative estimate of drug-likeness (QED) is 0.530. The minimum Gasteiger partial charge on any atom is -0.396 e. The fourth-order valence-corrected chi connectivity index (χ4v) is 3.84. The van der Waals surface area contributed by atoms with Crippen molar-refractivity contribution >= 4 is 17.5 Å². The summed E-state index contributed by atoms with van der Waals surface area (Å²) in [4.78, 5) is 17.6. The Bertz CT molecular complexity index is 738. The van der Waals surface area contributed by atoms with E-state index in [4.69, 9.17) is 5.11 Å². The molecule has 27 heavy (non-hydrogen) atoms. The van der Waals surface area contributed by atoms with Gasteiger partial charge in [-0.15, -0.1) is 0 Å². The van der Waals surface area contributed by atoms with Crippen LogP contribution in [0.25, 0.3) is 0 Å². The highest BCUT2D eigenvalue weighted by atomic mass is 32.2. The SMILES string of the molecule is CCCCC1(O)C=C(Sc2nccn2C)C(=O)/C1=C/C=C/C(O)CCCO. The average molecular weight is 393 g/mol. The first-order chi connectivity index (χ1) is 12.9. The van der Waals surface area contributed by atoms with Crippen LogP contribution >= 0.6 is 11.8 Å². The van der Waals surface area contributed by atoms with E-state index in [1.807, 2.05) is 18.5 Å².